The Hall–Kier alpha value is -4.07. The van der Waals surface area contributed by atoms with Crippen LogP contribution in [0.25, 0.3) is 34.1 Å². The number of benzene rings is 2. The van der Waals surface area contributed by atoms with Crippen LogP contribution in [0.2, 0.25) is 0 Å². The molecule has 0 atom stereocenters. The number of hydrogen-bond donors (Lipinski definition) is 0. The van der Waals surface area contributed by atoms with Gasteiger partial charge in [0.15, 0.2) is 11.5 Å². The molecule has 0 N–H and O–H groups in total. The Morgan fingerprint density at radius 1 is 0.686 bits per heavy atom. The van der Waals surface area contributed by atoms with Crippen LogP contribution in [0.1, 0.15) is 27.7 Å². The zero-order valence-electron chi connectivity index (χ0n) is 20.4. The van der Waals surface area contributed by atoms with Gasteiger partial charge < -0.3 is 23.5 Å². The van der Waals surface area contributed by atoms with Crippen molar-refractivity contribution in [3.05, 3.63) is 54.6 Å². The zero-order valence-corrected chi connectivity index (χ0v) is 20.4. The highest BCUT2D eigenvalue weighted by atomic mass is 16.5. The van der Waals surface area contributed by atoms with Gasteiger partial charge >= 0.3 is 0 Å². The molecule has 0 aliphatic carbocycles. The molecule has 0 amide bonds. The Morgan fingerprint density at radius 3 is 1.97 bits per heavy atom. The molecule has 35 heavy (non-hydrogen) atoms. The van der Waals surface area contributed by atoms with Crippen molar-refractivity contribution in [2.24, 2.45) is 0 Å². The molecule has 8 heteroatoms. The molecule has 2 aromatic carbocycles. The fourth-order valence-corrected chi connectivity index (χ4v) is 3.59. The number of hydrogen-bond acceptors (Lipinski definition) is 8. The lowest BCUT2D eigenvalue weighted by Gasteiger charge is -2.16. The van der Waals surface area contributed by atoms with Crippen molar-refractivity contribution in [1.29, 1.82) is 0 Å². The molecule has 2 heterocycles. The maximum absolute atomic E-state index is 5.82. The second kappa shape index (κ2) is 11.4. The van der Waals surface area contributed by atoms with Crippen molar-refractivity contribution in [2.75, 3.05) is 26.4 Å². The van der Waals surface area contributed by atoms with Crippen LogP contribution in [0.3, 0.4) is 0 Å². The first-order valence-electron chi connectivity index (χ1n) is 11.8. The number of nitrogens with zero attached hydrogens (tertiary/aromatic N) is 3. The van der Waals surface area contributed by atoms with Crippen LogP contribution in [0, 0.1) is 0 Å². The van der Waals surface area contributed by atoms with E-state index in [1.807, 2.05) is 82.3 Å². The first-order chi connectivity index (χ1) is 17.2. The van der Waals surface area contributed by atoms with E-state index in [2.05, 4.69) is 10.1 Å². The molecular formula is C27H29N3O5. The molecule has 0 saturated heterocycles. The SMILES string of the molecule is CCOc1cc(-c2nc(-c3ccc(-c4ccccc4)nc3OCC)no2)cc(OCC)c1OCC. The molecule has 0 bridgehead atoms. The van der Waals surface area contributed by atoms with E-state index in [1.165, 1.54) is 0 Å². The van der Waals surface area contributed by atoms with Crippen LogP contribution in [0.5, 0.6) is 23.1 Å². The van der Waals surface area contributed by atoms with Crippen LogP contribution < -0.4 is 18.9 Å². The quantitative estimate of drug-likeness (QED) is 0.259. The first kappa shape index (κ1) is 24.1. The minimum Gasteiger partial charge on any atom is -0.490 e. The lowest BCUT2D eigenvalue weighted by atomic mass is 10.1. The van der Waals surface area contributed by atoms with Gasteiger partial charge in [-0.05, 0) is 52.0 Å². The van der Waals surface area contributed by atoms with E-state index < -0.39 is 0 Å². The van der Waals surface area contributed by atoms with Crippen LogP contribution in [0.4, 0.5) is 0 Å². The summed E-state index contributed by atoms with van der Waals surface area (Å²) >= 11 is 0. The van der Waals surface area contributed by atoms with Crippen LogP contribution in [-0.2, 0) is 0 Å². The number of aromatic nitrogens is 3. The van der Waals surface area contributed by atoms with Gasteiger partial charge in [0.05, 0.1) is 37.7 Å². The molecule has 0 unspecified atom stereocenters. The summed E-state index contributed by atoms with van der Waals surface area (Å²) in [6, 6.07) is 17.4. The minimum atomic E-state index is 0.319. The molecule has 4 aromatic rings. The number of pyridine rings is 1. The van der Waals surface area contributed by atoms with Gasteiger partial charge in [0.25, 0.3) is 5.89 Å². The van der Waals surface area contributed by atoms with Crippen LogP contribution in [0.15, 0.2) is 59.1 Å². The third kappa shape index (κ3) is 5.37. The predicted octanol–water partition coefficient (Wildman–Crippen LogP) is 6.06. The highest BCUT2D eigenvalue weighted by Crippen LogP contribution is 2.42. The number of rotatable bonds is 11. The Labute approximate surface area is 204 Å². The largest absolute Gasteiger partial charge is 0.490 e. The van der Waals surface area contributed by atoms with Crippen molar-refractivity contribution >= 4 is 0 Å². The summed E-state index contributed by atoms with van der Waals surface area (Å²) in [4.78, 5) is 9.32. The standard InChI is InChI=1S/C27H29N3O5/c1-5-31-22-16-19(17-23(32-6-2)24(22)33-7-3)26-29-25(30-35-26)20-14-15-21(28-27(20)34-8-4)18-12-10-9-11-13-18/h9-17H,5-8H2,1-4H3. The average Bonchev–Trinajstić information content (AvgIpc) is 3.37. The number of ether oxygens (including phenoxy) is 4. The Morgan fingerprint density at radius 2 is 1.34 bits per heavy atom. The fraction of sp³-hybridized carbons (Fsp3) is 0.296. The van der Waals surface area contributed by atoms with E-state index in [0.29, 0.717) is 72.4 Å². The van der Waals surface area contributed by atoms with E-state index >= 15 is 0 Å². The normalized spacial score (nSPS) is 10.7. The van der Waals surface area contributed by atoms with Gasteiger partial charge in [-0.1, -0.05) is 35.5 Å². The van der Waals surface area contributed by atoms with E-state index in [9.17, 15) is 0 Å². The lowest BCUT2D eigenvalue weighted by Crippen LogP contribution is -2.03. The monoisotopic (exact) mass is 475 g/mol. The van der Waals surface area contributed by atoms with Gasteiger partial charge in [-0.2, -0.15) is 4.98 Å². The fourth-order valence-electron chi connectivity index (χ4n) is 3.59. The van der Waals surface area contributed by atoms with Gasteiger partial charge in [-0.3, -0.25) is 0 Å². The molecule has 0 aliphatic heterocycles. The van der Waals surface area contributed by atoms with Crippen molar-refractivity contribution in [3.63, 3.8) is 0 Å². The molecule has 182 valence electrons. The van der Waals surface area contributed by atoms with Crippen molar-refractivity contribution in [3.8, 4) is 57.2 Å². The van der Waals surface area contributed by atoms with Gasteiger partial charge in [0.1, 0.15) is 0 Å². The third-order valence-electron chi connectivity index (χ3n) is 5.03. The van der Waals surface area contributed by atoms with Gasteiger partial charge in [0, 0.05) is 11.1 Å². The highest BCUT2D eigenvalue weighted by Gasteiger charge is 2.21. The highest BCUT2D eigenvalue weighted by molar-refractivity contribution is 5.70. The summed E-state index contributed by atoms with van der Waals surface area (Å²) in [5, 5.41) is 4.20. The second-order valence-electron chi connectivity index (χ2n) is 7.37. The van der Waals surface area contributed by atoms with E-state index in [4.69, 9.17) is 28.5 Å². The third-order valence-corrected chi connectivity index (χ3v) is 5.03. The Bertz CT molecular complexity index is 1230. The smallest absolute Gasteiger partial charge is 0.258 e. The maximum Gasteiger partial charge on any atom is 0.258 e. The van der Waals surface area contributed by atoms with Crippen molar-refractivity contribution in [2.45, 2.75) is 27.7 Å². The first-order valence-corrected chi connectivity index (χ1v) is 11.8. The molecule has 8 nitrogen and oxygen atoms in total. The summed E-state index contributed by atoms with van der Waals surface area (Å²) in [6.07, 6.45) is 0. The molecule has 0 spiro atoms. The topological polar surface area (TPSA) is 88.7 Å². The van der Waals surface area contributed by atoms with E-state index in [-0.39, 0.29) is 0 Å². The summed E-state index contributed by atoms with van der Waals surface area (Å²) in [5.41, 5.74) is 3.10. The van der Waals surface area contributed by atoms with Crippen molar-refractivity contribution < 1.29 is 23.5 Å². The average molecular weight is 476 g/mol. The van der Waals surface area contributed by atoms with E-state index in [0.717, 1.165) is 11.3 Å². The molecule has 0 fully saturated rings. The van der Waals surface area contributed by atoms with Gasteiger partial charge in [-0.25, -0.2) is 4.98 Å². The van der Waals surface area contributed by atoms with E-state index in [1.54, 1.807) is 0 Å². The Kier molecular flexibility index (Phi) is 7.82. The molecule has 2 aromatic heterocycles. The summed E-state index contributed by atoms with van der Waals surface area (Å²) in [5.74, 6) is 2.80. The summed E-state index contributed by atoms with van der Waals surface area (Å²) in [6.45, 7) is 9.53. The predicted molar refractivity (Wildman–Crippen MR) is 133 cm³/mol. The van der Waals surface area contributed by atoms with Crippen LogP contribution >= 0.6 is 0 Å². The molecule has 0 aliphatic rings. The zero-order chi connectivity index (χ0) is 24.6. The van der Waals surface area contributed by atoms with Crippen LogP contribution in [-0.4, -0.2) is 41.6 Å². The maximum atomic E-state index is 5.82. The second-order valence-corrected chi connectivity index (χ2v) is 7.37. The van der Waals surface area contributed by atoms with Gasteiger partial charge in [0.2, 0.25) is 17.5 Å². The summed E-state index contributed by atoms with van der Waals surface area (Å²) < 4.78 is 28.9. The Balaban J connectivity index is 1.73. The lowest BCUT2D eigenvalue weighted by molar-refractivity contribution is 0.261. The molecule has 0 saturated carbocycles. The molecule has 4 rings (SSSR count). The molecular weight excluding hydrogens is 446 g/mol. The molecule has 0 radical (unpaired) electrons. The van der Waals surface area contributed by atoms with Gasteiger partial charge in [-0.15, -0.1) is 0 Å². The van der Waals surface area contributed by atoms with Crippen molar-refractivity contribution in [1.82, 2.24) is 15.1 Å². The minimum absolute atomic E-state index is 0.319. The summed E-state index contributed by atoms with van der Waals surface area (Å²) in [7, 11) is 0.